The topological polar surface area (TPSA) is 58.4 Å². The Balaban J connectivity index is 1.44. The highest BCUT2D eigenvalue weighted by atomic mass is 16.1. The molecule has 2 atom stereocenters. The van der Waals surface area contributed by atoms with Crippen LogP contribution in [0.25, 0.3) is 0 Å². The van der Waals surface area contributed by atoms with Gasteiger partial charge in [0.25, 0.3) is 5.91 Å². The van der Waals surface area contributed by atoms with Gasteiger partial charge in [0.05, 0.1) is 0 Å². The Morgan fingerprint density at radius 3 is 2.46 bits per heavy atom. The SMILES string of the molecule is NC1CC1c1cccc(C(=O)Nc2ccc(N3CCCC3)cc2)c1. The molecular weight excluding hydrogens is 298 g/mol. The molecule has 2 aromatic carbocycles. The van der Waals surface area contributed by atoms with Crippen LogP contribution in [-0.2, 0) is 0 Å². The zero-order valence-corrected chi connectivity index (χ0v) is 13.7. The molecule has 4 heteroatoms. The molecule has 1 aliphatic heterocycles. The van der Waals surface area contributed by atoms with E-state index in [1.807, 2.05) is 30.3 Å². The lowest BCUT2D eigenvalue weighted by atomic mass is 10.1. The molecule has 0 bridgehead atoms. The Hall–Kier alpha value is -2.33. The van der Waals surface area contributed by atoms with E-state index < -0.39 is 0 Å². The molecular formula is C20H23N3O. The van der Waals surface area contributed by atoms with Crippen molar-refractivity contribution >= 4 is 17.3 Å². The Morgan fingerprint density at radius 2 is 1.79 bits per heavy atom. The van der Waals surface area contributed by atoms with Crippen LogP contribution in [-0.4, -0.2) is 25.0 Å². The summed E-state index contributed by atoms with van der Waals surface area (Å²) in [5.41, 5.74) is 9.83. The number of nitrogens with two attached hydrogens (primary N) is 1. The minimum atomic E-state index is -0.0695. The van der Waals surface area contributed by atoms with Gasteiger partial charge in [-0.1, -0.05) is 12.1 Å². The van der Waals surface area contributed by atoms with Gasteiger partial charge in [0.1, 0.15) is 0 Å². The molecule has 1 saturated heterocycles. The van der Waals surface area contributed by atoms with Crippen LogP contribution >= 0.6 is 0 Å². The fourth-order valence-electron chi connectivity index (χ4n) is 3.44. The summed E-state index contributed by atoms with van der Waals surface area (Å²) in [5, 5.41) is 2.99. The third-order valence-corrected chi connectivity index (χ3v) is 5.01. The van der Waals surface area contributed by atoms with Gasteiger partial charge in [-0.15, -0.1) is 0 Å². The average Bonchev–Trinajstić information content (AvgIpc) is 3.11. The highest BCUT2D eigenvalue weighted by molar-refractivity contribution is 6.04. The Labute approximate surface area is 142 Å². The number of amides is 1. The lowest BCUT2D eigenvalue weighted by Gasteiger charge is -2.17. The number of rotatable bonds is 4. The molecule has 0 aromatic heterocycles. The number of carbonyl (C=O) groups is 1. The van der Waals surface area contributed by atoms with E-state index in [1.165, 1.54) is 24.1 Å². The van der Waals surface area contributed by atoms with Gasteiger partial charge in [0, 0.05) is 42.0 Å². The molecule has 0 radical (unpaired) electrons. The second kappa shape index (κ2) is 6.29. The van der Waals surface area contributed by atoms with Crippen LogP contribution < -0.4 is 16.0 Å². The summed E-state index contributed by atoms with van der Waals surface area (Å²) in [6, 6.07) is 16.2. The molecule has 24 heavy (non-hydrogen) atoms. The number of nitrogens with zero attached hydrogens (tertiary/aromatic N) is 1. The smallest absolute Gasteiger partial charge is 0.255 e. The number of carbonyl (C=O) groups excluding carboxylic acids is 1. The standard InChI is InChI=1S/C20H23N3O/c21-19-13-18(19)14-4-3-5-15(12-14)20(24)22-16-6-8-17(9-7-16)23-10-1-2-11-23/h3-9,12,18-19H,1-2,10-11,13,21H2,(H,22,24). The number of nitrogens with one attached hydrogen (secondary N) is 1. The first-order valence-electron chi connectivity index (χ1n) is 8.72. The summed E-state index contributed by atoms with van der Waals surface area (Å²) in [4.78, 5) is 14.9. The predicted octanol–water partition coefficient (Wildman–Crippen LogP) is 3.35. The molecule has 1 aliphatic carbocycles. The molecule has 4 rings (SSSR count). The van der Waals surface area contributed by atoms with Crippen LogP contribution in [0.4, 0.5) is 11.4 Å². The van der Waals surface area contributed by atoms with E-state index in [0.29, 0.717) is 11.5 Å². The summed E-state index contributed by atoms with van der Waals surface area (Å²) in [6.07, 6.45) is 3.54. The molecule has 2 unspecified atom stereocenters. The number of anilines is 2. The van der Waals surface area contributed by atoms with Gasteiger partial charge in [0.15, 0.2) is 0 Å². The first-order valence-corrected chi connectivity index (χ1v) is 8.72. The first-order chi connectivity index (χ1) is 11.7. The van der Waals surface area contributed by atoms with Gasteiger partial charge in [-0.3, -0.25) is 4.79 Å². The molecule has 4 nitrogen and oxygen atoms in total. The molecule has 2 aromatic rings. The van der Waals surface area contributed by atoms with E-state index >= 15 is 0 Å². The van der Waals surface area contributed by atoms with Crippen LogP contribution in [0, 0.1) is 0 Å². The monoisotopic (exact) mass is 321 g/mol. The molecule has 2 aliphatic rings. The van der Waals surface area contributed by atoms with E-state index in [0.717, 1.165) is 25.2 Å². The summed E-state index contributed by atoms with van der Waals surface area (Å²) >= 11 is 0. The van der Waals surface area contributed by atoms with E-state index in [9.17, 15) is 4.79 Å². The molecule has 124 valence electrons. The molecule has 3 N–H and O–H groups in total. The Kier molecular flexibility index (Phi) is 3.98. The average molecular weight is 321 g/mol. The van der Waals surface area contributed by atoms with Crippen molar-refractivity contribution in [1.29, 1.82) is 0 Å². The lowest BCUT2D eigenvalue weighted by Crippen LogP contribution is -2.17. The summed E-state index contributed by atoms with van der Waals surface area (Å²) in [7, 11) is 0. The summed E-state index contributed by atoms with van der Waals surface area (Å²) in [6.45, 7) is 2.25. The van der Waals surface area contributed by atoms with E-state index in [2.05, 4.69) is 28.4 Å². The van der Waals surface area contributed by atoms with Crippen molar-refractivity contribution in [3.05, 3.63) is 59.7 Å². The predicted molar refractivity (Wildman–Crippen MR) is 97.6 cm³/mol. The Bertz CT molecular complexity index is 735. The minimum absolute atomic E-state index is 0.0695. The van der Waals surface area contributed by atoms with E-state index in [1.54, 1.807) is 0 Å². The molecule has 1 amide bonds. The highest BCUT2D eigenvalue weighted by Gasteiger charge is 2.34. The molecule has 1 saturated carbocycles. The van der Waals surface area contributed by atoms with Crippen molar-refractivity contribution in [1.82, 2.24) is 0 Å². The van der Waals surface area contributed by atoms with Crippen LogP contribution in [0.5, 0.6) is 0 Å². The van der Waals surface area contributed by atoms with E-state index in [4.69, 9.17) is 5.73 Å². The van der Waals surface area contributed by atoms with Crippen molar-refractivity contribution < 1.29 is 4.79 Å². The first kappa shape index (κ1) is 15.2. The van der Waals surface area contributed by atoms with Crippen LogP contribution in [0.15, 0.2) is 48.5 Å². The lowest BCUT2D eigenvalue weighted by molar-refractivity contribution is 0.102. The maximum atomic E-state index is 12.5. The second-order valence-electron chi connectivity index (χ2n) is 6.83. The zero-order valence-electron chi connectivity index (χ0n) is 13.7. The third-order valence-electron chi connectivity index (χ3n) is 5.01. The van der Waals surface area contributed by atoms with Gasteiger partial charge in [-0.25, -0.2) is 0 Å². The maximum Gasteiger partial charge on any atom is 0.255 e. The quantitative estimate of drug-likeness (QED) is 0.908. The van der Waals surface area contributed by atoms with Gasteiger partial charge in [0.2, 0.25) is 0 Å². The minimum Gasteiger partial charge on any atom is -0.372 e. The van der Waals surface area contributed by atoms with Crippen LogP contribution in [0.2, 0.25) is 0 Å². The number of hydrogen-bond acceptors (Lipinski definition) is 3. The number of benzene rings is 2. The number of hydrogen-bond donors (Lipinski definition) is 2. The summed E-state index contributed by atoms with van der Waals surface area (Å²) in [5.74, 6) is 0.345. The molecule has 0 spiro atoms. The molecule has 1 heterocycles. The highest BCUT2D eigenvalue weighted by Crippen LogP contribution is 2.39. The van der Waals surface area contributed by atoms with Gasteiger partial charge >= 0.3 is 0 Å². The largest absolute Gasteiger partial charge is 0.372 e. The van der Waals surface area contributed by atoms with Crippen molar-refractivity contribution in [3.8, 4) is 0 Å². The van der Waals surface area contributed by atoms with Crippen molar-refractivity contribution in [2.24, 2.45) is 5.73 Å². The van der Waals surface area contributed by atoms with Crippen molar-refractivity contribution in [2.45, 2.75) is 31.2 Å². The summed E-state index contributed by atoms with van der Waals surface area (Å²) < 4.78 is 0. The molecule has 2 fully saturated rings. The van der Waals surface area contributed by atoms with Gasteiger partial charge in [-0.2, -0.15) is 0 Å². The van der Waals surface area contributed by atoms with Crippen molar-refractivity contribution in [2.75, 3.05) is 23.3 Å². The maximum absolute atomic E-state index is 12.5. The second-order valence-corrected chi connectivity index (χ2v) is 6.83. The zero-order chi connectivity index (χ0) is 16.5. The fraction of sp³-hybridized carbons (Fsp3) is 0.350. The normalized spacial score (nSPS) is 22.5. The van der Waals surface area contributed by atoms with E-state index in [-0.39, 0.29) is 11.9 Å². The Morgan fingerprint density at radius 1 is 1.08 bits per heavy atom. The van der Waals surface area contributed by atoms with Gasteiger partial charge < -0.3 is 16.0 Å². The van der Waals surface area contributed by atoms with Gasteiger partial charge in [-0.05, 0) is 61.2 Å². The fourth-order valence-corrected chi connectivity index (χ4v) is 3.44. The van der Waals surface area contributed by atoms with Crippen LogP contribution in [0.3, 0.4) is 0 Å². The van der Waals surface area contributed by atoms with Crippen LogP contribution in [0.1, 0.15) is 41.1 Å². The van der Waals surface area contributed by atoms with Crippen molar-refractivity contribution in [3.63, 3.8) is 0 Å². The third kappa shape index (κ3) is 3.15.